The highest BCUT2D eigenvalue weighted by Gasteiger charge is 2.25. The van der Waals surface area contributed by atoms with Crippen LogP contribution in [-0.4, -0.2) is 33.3 Å². The number of carbonyl (C=O) groups is 1. The van der Waals surface area contributed by atoms with Crippen LogP contribution in [0.25, 0.3) is 16.8 Å². The number of aromatic nitrogens is 2. The van der Waals surface area contributed by atoms with Crippen molar-refractivity contribution in [1.29, 1.82) is 0 Å². The van der Waals surface area contributed by atoms with Gasteiger partial charge in [0.05, 0.1) is 11.2 Å². The van der Waals surface area contributed by atoms with Crippen LogP contribution in [0, 0.1) is 0 Å². The third kappa shape index (κ3) is 2.08. The van der Waals surface area contributed by atoms with E-state index >= 15 is 0 Å². The van der Waals surface area contributed by atoms with Crippen LogP contribution in [0.1, 0.15) is 23.5 Å². The van der Waals surface area contributed by atoms with E-state index in [-0.39, 0.29) is 5.91 Å². The van der Waals surface area contributed by atoms with E-state index in [0.717, 1.165) is 42.7 Å². The van der Waals surface area contributed by atoms with Crippen LogP contribution in [-0.2, 0) is 0 Å². The van der Waals surface area contributed by atoms with Crippen LogP contribution in [0.4, 0.5) is 0 Å². The van der Waals surface area contributed by atoms with Gasteiger partial charge in [-0.15, -0.1) is 0 Å². The first-order valence-corrected chi connectivity index (χ1v) is 7.66. The Kier molecular flexibility index (Phi) is 3.15. The zero-order valence-electron chi connectivity index (χ0n) is 12.3. The minimum Gasteiger partial charge on any atom is -0.336 e. The van der Waals surface area contributed by atoms with E-state index in [1.54, 1.807) is 0 Å². The van der Waals surface area contributed by atoms with Crippen LogP contribution >= 0.6 is 0 Å². The quantitative estimate of drug-likeness (QED) is 0.727. The number of likely N-dealkylation sites (tertiary alicyclic amines) is 1. The molecule has 2 aromatic heterocycles. The van der Waals surface area contributed by atoms with Gasteiger partial charge in [-0.05, 0) is 25.0 Å². The molecular weight excluding hydrogens is 274 g/mol. The highest BCUT2D eigenvalue weighted by Crippen LogP contribution is 2.25. The predicted octanol–water partition coefficient (Wildman–Crippen LogP) is 3.24. The van der Waals surface area contributed by atoms with Crippen molar-refractivity contribution in [3.63, 3.8) is 0 Å². The molecule has 0 saturated carbocycles. The van der Waals surface area contributed by atoms with Crippen molar-refractivity contribution >= 4 is 11.4 Å². The lowest BCUT2D eigenvalue weighted by Crippen LogP contribution is -2.29. The maximum absolute atomic E-state index is 12.7. The summed E-state index contributed by atoms with van der Waals surface area (Å²) < 4.78 is 1.91. The summed E-state index contributed by atoms with van der Waals surface area (Å²) in [5, 5.41) is 0. The van der Waals surface area contributed by atoms with E-state index in [2.05, 4.69) is 4.98 Å². The zero-order chi connectivity index (χ0) is 14.9. The van der Waals surface area contributed by atoms with E-state index < -0.39 is 0 Å². The van der Waals surface area contributed by atoms with Crippen LogP contribution in [0.3, 0.4) is 0 Å². The second kappa shape index (κ2) is 5.30. The molecule has 22 heavy (non-hydrogen) atoms. The van der Waals surface area contributed by atoms with Crippen molar-refractivity contribution in [2.75, 3.05) is 13.1 Å². The van der Waals surface area contributed by atoms with E-state index in [1.165, 1.54) is 0 Å². The SMILES string of the molecule is O=C(c1nc(-c2ccccc2)c2ccccn12)N1CCCC1. The molecule has 1 aliphatic heterocycles. The summed E-state index contributed by atoms with van der Waals surface area (Å²) in [6.07, 6.45) is 4.08. The number of hydrogen-bond acceptors (Lipinski definition) is 2. The molecule has 1 saturated heterocycles. The van der Waals surface area contributed by atoms with Gasteiger partial charge in [0.15, 0.2) is 0 Å². The molecule has 110 valence electrons. The van der Waals surface area contributed by atoms with Gasteiger partial charge < -0.3 is 4.90 Å². The Bertz CT molecular complexity index is 817. The minimum absolute atomic E-state index is 0.0286. The fraction of sp³-hybridized carbons (Fsp3) is 0.222. The second-order valence-electron chi connectivity index (χ2n) is 5.61. The van der Waals surface area contributed by atoms with Crippen LogP contribution in [0.15, 0.2) is 54.7 Å². The van der Waals surface area contributed by atoms with Crippen molar-refractivity contribution in [3.8, 4) is 11.3 Å². The van der Waals surface area contributed by atoms with Crippen LogP contribution < -0.4 is 0 Å². The lowest BCUT2D eigenvalue weighted by atomic mass is 10.1. The van der Waals surface area contributed by atoms with E-state index in [4.69, 9.17) is 0 Å². The molecule has 1 aliphatic rings. The summed E-state index contributed by atoms with van der Waals surface area (Å²) in [6.45, 7) is 1.67. The molecule has 4 heteroatoms. The standard InChI is InChI=1S/C18H17N3O/c22-18(20-11-6-7-12-20)17-19-16(14-8-2-1-3-9-14)15-10-4-5-13-21(15)17/h1-5,8-10,13H,6-7,11-12H2. The van der Waals surface area contributed by atoms with Gasteiger partial charge in [0.1, 0.15) is 0 Å². The molecular formula is C18H17N3O. The topological polar surface area (TPSA) is 37.6 Å². The Hall–Kier alpha value is -2.62. The summed E-state index contributed by atoms with van der Waals surface area (Å²) in [4.78, 5) is 19.3. The molecule has 1 amide bonds. The van der Waals surface area contributed by atoms with Gasteiger partial charge in [-0.25, -0.2) is 4.98 Å². The molecule has 3 aromatic rings. The first kappa shape index (κ1) is 13.1. The van der Waals surface area contributed by atoms with E-state index in [9.17, 15) is 4.79 Å². The maximum atomic E-state index is 12.7. The van der Waals surface area contributed by atoms with Crippen LogP contribution in [0.2, 0.25) is 0 Å². The third-order valence-electron chi connectivity index (χ3n) is 4.18. The van der Waals surface area contributed by atoms with Gasteiger partial charge in [0, 0.05) is 24.8 Å². The van der Waals surface area contributed by atoms with Crippen LogP contribution in [0.5, 0.6) is 0 Å². The molecule has 0 spiro atoms. The summed E-state index contributed by atoms with van der Waals surface area (Å²) >= 11 is 0. The fourth-order valence-electron chi connectivity index (χ4n) is 3.06. The molecule has 0 bridgehead atoms. The zero-order valence-corrected chi connectivity index (χ0v) is 12.3. The first-order chi connectivity index (χ1) is 10.8. The predicted molar refractivity (Wildman–Crippen MR) is 85.8 cm³/mol. The van der Waals surface area contributed by atoms with Crippen molar-refractivity contribution in [2.45, 2.75) is 12.8 Å². The number of nitrogens with zero attached hydrogens (tertiary/aromatic N) is 3. The van der Waals surface area contributed by atoms with Crippen molar-refractivity contribution in [1.82, 2.24) is 14.3 Å². The molecule has 0 N–H and O–H groups in total. The first-order valence-electron chi connectivity index (χ1n) is 7.66. The second-order valence-corrected chi connectivity index (χ2v) is 5.61. The van der Waals surface area contributed by atoms with Gasteiger partial charge in [-0.1, -0.05) is 36.4 Å². The Morgan fingerprint density at radius 3 is 2.45 bits per heavy atom. The third-order valence-corrected chi connectivity index (χ3v) is 4.18. The van der Waals surface area contributed by atoms with Gasteiger partial charge >= 0.3 is 0 Å². The minimum atomic E-state index is 0.0286. The summed E-state index contributed by atoms with van der Waals surface area (Å²) in [6, 6.07) is 15.9. The van der Waals surface area contributed by atoms with Crippen molar-refractivity contribution in [2.24, 2.45) is 0 Å². The van der Waals surface area contributed by atoms with Gasteiger partial charge in [0.2, 0.25) is 5.82 Å². The smallest absolute Gasteiger partial charge is 0.290 e. The van der Waals surface area contributed by atoms with Gasteiger partial charge in [-0.3, -0.25) is 9.20 Å². The number of benzene rings is 1. The summed E-state index contributed by atoms with van der Waals surface area (Å²) in [5.41, 5.74) is 2.87. The lowest BCUT2D eigenvalue weighted by Gasteiger charge is -2.13. The number of hydrogen-bond donors (Lipinski definition) is 0. The Morgan fingerprint density at radius 1 is 0.955 bits per heavy atom. The molecule has 4 rings (SSSR count). The number of pyridine rings is 1. The molecule has 1 fully saturated rings. The largest absolute Gasteiger partial charge is 0.336 e. The monoisotopic (exact) mass is 291 g/mol. The van der Waals surface area contributed by atoms with E-state index in [0.29, 0.717) is 5.82 Å². The highest BCUT2D eigenvalue weighted by molar-refractivity contribution is 5.94. The molecule has 3 heterocycles. The number of carbonyl (C=O) groups excluding carboxylic acids is 1. The molecule has 0 radical (unpaired) electrons. The number of rotatable bonds is 2. The average Bonchev–Trinajstić information content (AvgIpc) is 3.23. The molecule has 4 nitrogen and oxygen atoms in total. The maximum Gasteiger partial charge on any atom is 0.290 e. The van der Waals surface area contributed by atoms with Gasteiger partial charge in [-0.2, -0.15) is 0 Å². The average molecular weight is 291 g/mol. The van der Waals surface area contributed by atoms with Gasteiger partial charge in [0.25, 0.3) is 5.91 Å². The van der Waals surface area contributed by atoms with E-state index in [1.807, 2.05) is 64.0 Å². The molecule has 0 unspecified atom stereocenters. The Morgan fingerprint density at radius 2 is 1.68 bits per heavy atom. The summed E-state index contributed by atoms with van der Waals surface area (Å²) in [7, 11) is 0. The van der Waals surface area contributed by atoms with Crippen molar-refractivity contribution in [3.05, 3.63) is 60.6 Å². The Balaban J connectivity index is 1.87. The number of imidazole rings is 1. The molecule has 0 aliphatic carbocycles. The highest BCUT2D eigenvalue weighted by atomic mass is 16.2. The number of fused-ring (bicyclic) bond motifs is 1. The Labute approximate surface area is 129 Å². The fourth-order valence-corrected chi connectivity index (χ4v) is 3.06. The normalized spacial score (nSPS) is 14.6. The number of amides is 1. The molecule has 1 aromatic carbocycles. The lowest BCUT2D eigenvalue weighted by molar-refractivity contribution is 0.0780. The summed E-state index contributed by atoms with van der Waals surface area (Å²) in [5.74, 6) is 0.539. The van der Waals surface area contributed by atoms with Crippen molar-refractivity contribution < 1.29 is 4.79 Å². The molecule has 0 atom stereocenters.